The van der Waals surface area contributed by atoms with Gasteiger partial charge >= 0.3 is 12.2 Å². The first-order valence-electron chi connectivity index (χ1n) is 8.90. The molecule has 0 saturated heterocycles. The zero-order valence-corrected chi connectivity index (χ0v) is 15.9. The molecule has 4 rings (SSSR count). The van der Waals surface area contributed by atoms with E-state index in [9.17, 15) is 22.4 Å². The van der Waals surface area contributed by atoms with Crippen LogP contribution in [0, 0.1) is 5.82 Å². The smallest absolute Gasteiger partial charge is 0.313 e. The number of urea groups is 1. The molecule has 8 heteroatoms. The zero-order valence-electron chi connectivity index (χ0n) is 15.0. The fourth-order valence-electron chi connectivity index (χ4n) is 3.50. The lowest BCUT2D eigenvalue weighted by molar-refractivity contribution is -0.137. The first kappa shape index (κ1) is 19.4. The summed E-state index contributed by atoms with van der Waals surface area (Å²) in [7, 11) is 0. The van der Waals surface area contributed by atoms with E-state index in [-0.39, 0.29) is 5.69 Å². The monoisotopic (exact) mass is 420 g/mol. The van der Waals surface area contributed by atoms with Gasteiger partial charge in [-0.25, -0.2) is 9.18 Å². The minimum atomic E-state index is -4.43. The summed E-state index contributed by atoms with van der Waals surface area (Å²) in [5, 5.41) is 4.48. The quantitative estimate of drug-likeness (QED) is 0.500. The molecule has 0 fully saturated rings. The van der Waals surface area contributed by atoms with Crippen LogP contribution in [0.25, 0.3) is 0 Å². The molecule has 3 aromatic rings. The van der Waals surface area contributed by atoms with Gasteiger partial charge in [-0.05, 0) is 53.3 Å². The van der Waals surface area contributed by atoms with Crippen LogP contribution in [0.3, 0.4) is 0 Å². The van der Waals surface area contributed by atoms with Crippen molar-refractivity contribution in [3.05, 3.63) is 87.4 Å². The normalized spacial score (nSPS) is 16.4. The third-order valence-electron chi connectivity index (χ3n) is 4.90. The molecule has 1 aliphatic heterocycles. The largest absolute Gasteiger partial charge is 0.416 e. The van der Waals surface area contributed by atoms with E-state index in [1.807, 2.05) is 11.4 Å². The predicted molar refractivity (Wildman–Crippen MR) is 103 cm³/mol. The van der Waals surface area contributed by atoms with E-state index in [0.29, 0.717) is 18.5 Å². The van der Waals surface area contributed by atoms with Crippen molar-refractivity contribution in [1.29, 1.82) is 0 Å². The highest BCUT2D eigenvalue weighted by molar-refractivity contribution is 7.10. The SMILES string of the molecule is O=C(Nc1ccccc1F)N1CCc2sccc2C1c1ccc(C(F)(F)F)cc1. The summed E-state index contributed by atoms with van der Waals surface area (Å²) in [4.78, 5) is 15.6. The van der Waals surface area contributed by atoms with Crippen LogP contribution >= 0.6 is 11.3 Å². The molecule has 3 nitrogen and oxygen atoms in total. The molecule has 0 spiro atoms. The average Bonchev–Trinajstić information content (AvgIpc) is 3.17. The Bertz CT molecular complexity index is 1030. The minimum absolute atomic E-state index is 0.0554. The van der Waals surface area contributed by atoms with Crippen LogP contribution in [0.1, 0.15) is 27.6 Å². The molecule has 1 unspecified atom stereocenters. The number of anilines is 1. The fraction of sp³-hybridized carbons (Fsp3) is 0.190. The van der Waals surface area contributed by atoms with Crippen molar-refractivity contribution in [2.75, 3.05) is 11.9 Å². The number of thiophene rings is 1. The zero-order chi connectivity index (χ0) is 20.6. The fourth-order valence-corrected chi connectivity index (χ4v) is 4.40. The standard InChI is InChI=1S/C21H16F4N2OS/c22-16-3-1-2-4-17(16)26-20(28)27-11-9-18-15(10-12-29-18)19(27)13-5-7-14(8-6-13)21(23,24)25/h1-8,10,12,19H,9,11H2,(H,26,28). The van der Waals surface area contributed by atoms with Gasteiger partial charge in [0.05, 0.1) is 17.3 Å². The third-order valence-corrected chi connectivity index (χ3v) is 5.89. The van der Waals surface area contributed by atoms with Crippen molar-refractivity contribution < 1.29 is 22.4 Å². The number of amides is 2. The van der Waals surface area contributed by atoms with E-state index in [1.54, 1.807) is 17.4 Å². The van der Waals surface area contributed by atoms with E-state index in [4.69, 9.17) is 0 Å². The van der Waals surface area contributed by atoms with Gasteiger partial charge in [0, 0.05) is 11.4 Å². The van der Waals surface area contributed by atoms with Gasteiger partial charge in [0.1, 0.15) is 5.82 Å². The summed E-state index contributed by atoms with van der Waals surface area (Å²) >= 11 is 1.55. The van der Waals surface area contributed by atoms with Crippen molar-refractivity contribution in [2.24, 2.45) is 0 Å². The minimum Gasteiger partial charge on any atom is -0.313 e. The summed E-state index contributed by atoms with van der Waals surface area (Å²) in [6, 6.07) is 11.5. The van der Waals surface area contributed by atoms with Gasteiger partial charge in [-0.15, -0.1) is 11.3 Å². The van der Waals surface area contributed by atoms with Crippen molar-refractivity contribution in [3.8, 4) is 0 Å². The maximum absolute atomic E-state index is 13.9. The topological polar surface area (TPSA) is 32.3 Å². The maximum atomic E-state index is 13.9. The lowest BCUT2D eigenvalue weighted by Crippen LogP contribution is -2.42. The Hall–Kier alpha value is -2.87. The molecule has 29 heavy (non-hydrogen) atoms. The number of hydrogen-bond acceptors (Lipinski definition) is 2. The first-order valence-corrected chi connectivity index (χ1v) is 9.78. The number of para-hydroxylation sites is 1. The second-order valence-corrected chi connectivity index (χ2v) is 7.68. The molecule has 2 amide bonds. The Kier molecular flexibility index (Phi) is 5.04. The molecule has 1 atom stereocenters. The number of carbonyl (C=O) groups is 1. The molecule has 0 radical (unpaired) electrons. The predicted octanol–water partition coefficient (Wildman–Crippen LogP) is 6.09. The molecule has 0 bridgehead atoms. The highest BCUT2D eigenvalue weighted by atomic mass is 32.1. The summed E-state index contributed by atoms with van der Waals surface area (Å²) in [6.45, 7) is 0.374. The Labute approximate surface area is 168 Å². The Balaban J connectivity index is 1.68. The number of halogens is 4. The Morgan fingerprint density at radius 2 is 1.79 bits per heavy atom. The average molecular weight is 420 g/mol. The number of fused-ring (bicyclic) bond motifs is 1. The van der Waals surface area contributed by atoms with Gasteiger partial charge in [-0.2, -0.15) is 13.2 Å². The second kappa shape index (κ2) is 7.51. The van der Waals surface area contributed by atoms with E-state index in [2.05, 4.69) is 5.32 Å². The maximum Gasteiger partial charge on any atom is 0.416 e. The first-order chi connectivity index (χ1) is 13.8. The van der Waals surface area contributed by atoms with Gasteiger partial charge < -0.3 is 10.2 Å². The highest BCUT2D eigenvalue weighted by Gasteiger charge is 2.35. The van der Waals surface area contributed by atoms with E-state index >= 15 is 0 Å². The van der Waals surface area contributed by atoms with Gasteiger partial charge in [0.15, 0.2) is 0 Å². The lowest BCUT2D eigenvalue weighted by Gasteiger charge is -2.36. The van der Waals surface area contributed by atoms with Crippen LogP contribution in [0.2, 0.25) is 0 Å². The molecule has 150 valence electrons. The Morgan fingerprint density at radius 1 is 1.07 bits per heavy atom. The van der Waals surface area contributed by atoms with Crippen LogP contribution in [-0.4, -0.2) is 17.5 Å². The van der Waals surface area contributed by atoms with Crippen molar-refractivity contribution >= 4 is 23.1 Å². The number of hydrogen-bond donors (Lipinski definition) is 1. The van der Waals surface area contributed by atoms with Crippen LogP contribution in [0.15, 0.2) is 60.0 Å². The molecular formula is C21H16F4N2OS. The van der Waals surface area contributed by atoms with Crippen LogP contribution in [0.4, 0.5) is 28.0 Å². The molecule has 1 aromatic heterocycles. The third kappa shape index (κ3) is 3.85. The number of alkyl halides is 3. The van der Waals surface area contributed by atoms with Crippen molar-refractivity contribution in [2.45, 2.75) is 18.6 Å². The molecule has 2 heterocycles. The Morgan fingerprint density at radius 3 is 2.48 bits per heavy atom. The summed E-state index contributed by atoms with van der Waals surface area (Å²) in [6.07, 6.45) is -3.80. The molecule has 2 aromatic carbocycles. The summed E-state index contributed by atoms with van der Waals surface area (Å²) in [5.41, 5.74) is 0.760. The van der Waals surface area contributed by atoms with Gasteiger partial charge in [-0.3, -0.25) is 0 Å². The van der Waals surface area contributed by atoms with E-state index < -0.39 is 29.6 Å². The van der Waals surface area contributed by atoms with Crippen LogP contribution in [0.5, 0.6) is 0 Å². The molecule has 1 aliphatic rings. The lowest BCUT2D eigenvalue weighted by atomic mass is 9.93. The van der Waals surface area contributed by atoms with Gasteiger partial charge in [-0.1, -0.05) is 24.3 Å². The van der Waals surface area contributed by atoms with E-state index in [1.165, 1.54) is 35.2 Å². The molecule has 0 aliphatic carbocycles. The second-order valence-electron chi connectivity index (χ2n) is 6.67. The highest BCUT2D eigenvalue weighted by Crippen LogP contribution is 2.39. The van der Waals surface area contributed by atoms with E-state index in [0.717, 1.165) is 22.6 Å². The van der Waals surface area contributed by atoms with Gasteiger partial charge in [0.2, 0.25) is 0 Å². The van der Waals surface area contributed by atoms with Crippen molar-refractivity contribution in [3.63, 3.8) is 0 Å². The molecular weight excluding hydrogens is 404 g/mol. The van der Waals surface area contributed by atoms with Crippen LogP contribution < -0.4 is 5.32 Å². The molecule has 0 saturated carbocycles. The number of carbonyl (C=O) groups excluding carboxylic acids is 1. The summed E-state index contributed by atoms with van der Waals surface area (Å²) < 4.78 is 52.7. The number of nitrogens with one attached hydrogen (secondary N) is 1. The van der Waals surface area contributed by atoms with Crippen LogP contribution in [-0.2, 0) is 12.6 Å². The number of rotatable bonds is 2. The van der Waals surface area contributed by atoms with Crippen molar-refractivity contribution in [1.82, 2.24) is 4.90 Å². The molecule has 1 N–H and O–H groups in total. The summed E-state index contributed by atoms with van der Waals surface area (Å²) in [5.74, 6) is -0.555. The number of nitrogens with zero attached hydrogens (tertiary/aromatic N) is 1. The number of benzene rings is 2. The van der Waals surface area contributed by atoms with Gasteiger partial charge in [0.25, 0.3) is 0 Å².